The first-order valence-electron chi connectivity index (χ1n) is 9.50. The number of anilines is 1. The molecule has 8 nitrogen and oxygen atoms in total. The lowest BCUT2D eigenvalue weighted by molar-refractivity contribution is 0.0690. The van der Waals surface area contributed by atoms with Crippen molar-refractivity contribution < 1.29 is 9.90 Å². The molecular formula is C19H21N5O3. The topological polar surface area (TPSA) is 112 Å². The highest BCUT2D eigenvalue weighted by Crippen LogP contribution is 2.45. The van der Waals surface area contributed by atoms with Gasteiger partial charge in [-0.15, -0.1) is 0 Å². The highest BCUT2D eigenvalue weighted by atomic mass is 16.4. The quantitative estimate of drug-likeness (QED) is 0.848. The zero-order valence-corrected chi connectivity index (χ0v) is 14.9. The van der Waals surface area contributed by atoms with Crippen LogP contribution in [0.1, 0.15) is 65.6 Å². The Balaban J connectivity index is 1.51. The van der Waals surface area contributed by atoms with Crippen LogP contribution < -0.4 is 10.5 Å². The summed E-state index contributed by atoms with van der Waals surface area (Å²) in [5, 5.41) is 9.19. The maximum absolute atomic E-state index is 12.6. The highest BCUT2D eigenvalue weighted by molar-refractivity contribution is 5.85. The van der Waals surface area contributed by atoms with Gasteiger partial charge < -0.3 is 15.0 Å². The van der Waals surface area contributed by atoms with E-state index in [2.05, 4.69) is 19.9 Å². The number of hydrogen-bond acceptors (Lipinski definition) is 6. The number of nitrogens with one attached hydrogen (secondary N) is 1. The zero-order valence-electron chi connectivity index (χ0n) is 14.9. The molecule has 1 saturated heterocycles. The van der Waals surface area contributed by atoms with Gasteiger partial charge in [0.25, 0.3) is 5.56 Å². The second-order valence-electron chi connectivity index (χ2n) is 7.93. The Bertz CT molecular complexity index is 984. The van der Waals surface area contributed by atoms with Crippen LogP contribution >= 0.6 is 0 Å². The van der Waals surface area contributed by atoms with E-state index in [9.17, 15) is 14.7 Å². The van der Waals surface area contributed by atoms with Crippen LogP contribution in [0.5, 0.6) is 0 Å². The zero-order chi connectivity index (χ0) is 18.6. The fraction of sp³-hybridized carbons (Fsp3) is 0.526. The number of H-pyrrole nitrogens is 1. The molecule has 2 aromatic heterocycles. The third kappa shape index (κ3) is 2.70. The third-order valence-electron chi connectivity index (χ3n) is 6.10. The van der Waals surface area contributed by atoms with Gasteiger partial charge >= 0.3 is 5.97 Å². The van der Waals surface area contributed by atoms with Gasteiger partial charge in [0.15, 0.2) is 5.69 Å². The molecule has 5 rings (SSSR count). The molecule has 3 aliphatic rings. The molecule has 2 aliphatic carbocycles. The Labute approximate surface area is 155 Å². The molecule has 1 spiro atoms. The molecule has 3 heterocycles. The van der Waals surface area contributed by atoms with Gasteiger partial charge in [-0.05, 0) is 38.5 Å². The van der Waals surface area contributed by atoms with Crippen LogP contribution in [0.3, 0.4) is 0 Å². The van der Waals surface area contributed by atoms with Crippen molar-refractivity contribution in [2.75, 3.05) is 18.0 Å². The van der Waals surface area contributed by atoms with Crippen LogP contribution in [0.25, 0.3) is 0 Å². The predicted octanol–water partition coefficient (Wildman–Crippen LogP) is 1.62. The Morgan fingerprint density at radius 3 is 2.89 bits per heavy atom. The first kappa shape index (κ1) is 16.4. The van der Waals surface area contributed by atoms with E-state index in [1.807, 2.05) is 0 Å². The van der Waals surface area contributed by atoms with Gasteiger partial charge in [-0.25, -0.2) is 14.8 Å². The van der Waals surface area contributed by atoms with Crippen molar-refractivity contribution in [2.24, 2.45) is 0 Å². The van der Waals surface area contributed by atoms with Crippen molar-refractivity contribution in [3.63, 3.8) is 0 Å². The first-order chi connectivity index (χ1) is 13.1. The summed E-state index contributed by atoms with van der Waals surface area (Å²) in [4.78, 5) is 42.1. The van der Waals surface area contributed by atoms with Crippen LogP contribution in [0.4, 0.5) is 5.82 Å². The molecule has 2 aromatic rings. The van der Waals surface area contributed by atoms with Crippen LogP contribution in [0, 0.1) is 0 Å². The summed E-state index contributed by atoms with van der Waals surface area (Å²) in [7, 11) is 0. The van der Waals surface area contributed by atoms with E-state index in [1.54, 1.807) is 6.20 Å². The van der Waals surface area contributed by atoms with Crippen molar-refractivity contribution in [1.29, 1.82) is 0 Å². The molecule has 0 bridgehead atoms. The van der Waals surface area contributed by atoms with E-state index in [0.717, 1.165) is 62.2 Å². The fourth-order valence-corrected chi connectivity index (χ4v) is 4.55. The van der Waals surface area contributed by atoms with Gasteiger partial charge in [0.05, 0.1) is 18.1 Å². The molecule has 2 N–H and O–H groups in total. The Hall–Kier alpha value is -2.77. The first-order valence-corrected chi connectivity index (χ1v) is 9.50. The molecule has 1 saturated carbocycles. The van der Waals surface area contributed by atoms with Crippen LogP contribution in [0.15, 0.2) is 17.2 Å². The molecule has 1 atom stereocenters. The van der Waals surface area contributed by atoms with Gasteiger partial charge in [-0.1, -0.05) is 0 Å². The molecular weight excluding hydrogens is 346 g/mol. The average molecular weight is 367 g/mol. The summed E-state index contributed by atoms with van der Waals surface area (Å²) in [6.45, 7) is 1.49. The minimum Gasteiger partial charge on any atom is -0.476 e. The smallest absolute Gasteiger partial charge is 0.356 e. The van der Waals surface area contributed by atoms with E-state index in [0.29, 0.717) is 18.3 Å². The average Bonchev–Trinajstić information content (AvgIpc) is 3.47. The minimum absolute atomic E-state index is 0.0172. The third-order valence-corrected chi connectivity index (χ3v) is 6.10. The summed E-state index contributed by atoms with van der Waals surface area (Å²) in [5.41, 5.74) is 1.59. The number of nitrogens with zero attached hydrogens (tertiary/aromatic N) is 4. The number of rotatable bonds is 3. The van der Waals surface area contributed by atoms with Crippen molar-refractivity contribution in [2.45, 2.75) is 49.9 Å². The van der Waals surface area contributed by atoms with E-state index in [-0.39, 0.29) is 16.7 Å². The number of hydrogen-bond donors (Lipinski definition) is 2. The summed E-state index contributed by atoms with van der Waals surface area (Å²) < 4.78 is 0. The van der Waals surface area contributed by atoms with Gasteiger partial charge in [-0.2, -0.15) is 0 Å². The second kappa shape index (κ2) is 5.87. The molecule has 27 heavy (non-hydrogen) atoms. The lowest BCUT2D eigenvalue weighted by Gasteiger charge is -2.41. The summed E-state index contributed by atoms with van der Waals surface area (Å²) in [6, 6.07) is 0. The van der Waals surface area contributed by atoms with E-state index in [1.165, 1.54) is 6.20 Å². The Morgan fingerprint density at radius 1 is 1.26 bits per heavy atom. The molecule has 2 fully saturated rings. The maximum atomic E-state index is 12.6. The normalized spacial score (nSPS) is 24.2. The number of carboxylic acids is 1. The number of aromatic amines is 1. The van der Waals surface area contributed by atoms with Crippen molar-refractivity contribution in [3.8, 4) is 0 Å². The SMILES string of the molecule is O=C(O)c1cncc(N2CCCC3(CCc4c3nc(C3CC3)[nH]c4=O)C2)n1. The van der Waals surface area contributed by atoms with Crippen molar-refractivity contribution in [1.82, 2.24) is 19.9 Å². The monoisotopic (exact) mass is 367 g/mol. The fourth-order valence-electron chi connectivity index (χ4n) is 4.55. The van der Waals surface area contributed by atoms with E-state index >= 15 is 0 Å². The molecule has 0 amide bonds. The largest absolute Gasteiger partial charge is 0.476 e. The Morgan fingerprint density at radius 2 is 2.11 bits per heavy atom. The molecule has 1 aliphatic heterocycles. The van der Waals surface area contributed by atoms with Crippen molar-refractivity contribution >= 4 is 11.8 Å². The molecule has 0 radical (unpaired) electrons. The number of carbonyl (C=O) groups is 1. The van der Waals surface area contributed by atoms with Gasteiger partial charge in [0, 0.05) is 30.0 Å². The van der Waals surface area contributed by atoms with E-state index in [4.69, 9.17) is 4.98 Å². The van der Waals surface area contributed by atoms with Gasteiger partial charge in [-0.3, -0.25) is 9.78 Å². The van der Waals surface area contributed by atoms with Crippen LogP contribution in [-0.2, 0) is 11.8 Å². The molecule has 1 unspecified atom stereocenters. The lowest BCUT2D eigenvalue weighted by Crippen LogP contribution is -2.46. The molecule has 0 aromatic carbocycles. The number of aromatic carboxylic acids is 1. The summed E-state index contributed by atoms with van der Waals surface area (Å²) >= 11 is 0. The number of aromatic nitrogens is 4. The minimum atomic E-state index is -1.08. The number of carboxylic acid groups (broad SMARTS) is 1. The van der Waals surface area contributed by atoms with E-state index < -0.39 is 5.97 Å². The molecule has 8 heteroatoms. The summed E-state index contributed by atoms with van der Waals surface area (Å²) in [6.07, 6.45) is 8.65. The molecule has 140 valence electrons. The standard InChI is InChI=1S/C19H21N5O3/c25-17-12-4-6-19(15(12)22-16(23-17)11-2-3-11)5-1-7-24(10-19)14-9-20-8-13(21-14)18(26)27/h8-9,11H,1-7,10H2,(H,26,27)(H,22,23,25). The number of fused-ring (bicyclic) bond motifs is 2. The van der Waals surface area contributed by atoms with Crippen LogP contribution in [0.2, 0.25) is 0 Å². The van der Waals surface area contributed by atoms with Gasteiger partial charge in [0.1, 0.15) is 11.6 Å². The lowest BCUT2D eigenvalue weighted by atomic mass is 9.77. The predicted molar refractivity (Wildman–Crippen MR) is 97.3 cm³/mol. The second-order valence-corrected chi connectivity index (χ2v) is 7.93. The highest BCUT2D eigenvalue weighted by Gasteiger charge is 2.45. The summed E-state index contributed by atoms with van der Waals surface area (Å²) in [5.74, 6) is 0.738. The number of piperidine rings is 1. The van der Waals surface area contributed by atoms with Crippen LogP contribution in [-0.4, -0.2) is 44.1 Å². The van der Waals surface area contributed by atoms with Gasteiger partial charge in [0.2, 0.25) is 0 Å². The van der Waals surface area contributed by atoms with Crippen molar-refractivity contribution in [3.05, 3.63) is 45.5 Å². The maximum Gasteiger partial charge on any atom is 0.356 e. The Kier molecular flexibility index (Phi) is 3.57.